The maximum atomic E-state index is 11.4. The number of rotatable bonds is 3. The quantitative estimate of drug-likeness (QED) is 0.624. The number of carbonyl (C=O) groups excluding carboxylic acids is 2. The average Bonchev–Trinajstić information content (AvgIpc) is 2.26. The molecule has 0 amide bonds. The molecule has 0 bridgehead atoms. The lowest BCUT2D eigenvalue weighted by Crippen LogP contribution is -2.08. The number of carbonyl (C=O) groups is 2. The molecule has 1 rings (SSSR count). The zero-order chi connectivity index (χ0) is 11.4. The second kappa shape index (κ2) is 4.93. The summed E-state index contributed by atoms with van der Waals surface area (Å²) < 4.78 is 10.2. The van der Waals surface area contributed by atoms with E-state index in [0.717, 1.165) is 0 Å². The maximum absolute atomic E-state index is 11.4. The molecule has 1 aromatic rings. The van der Waals surface area contributed by atoms with Gasteiger partial charge in [0.05, 0.1) is 14.2 Å². The summed E-state index contributed by atoms with van der Waals surface area (Å²) in [6.45, 7) is 0. The molecule has 1 aromatic carbocycles. The number of benzene rings is 1. The first-order valence-electron chi connectivity index (χ1n) is 4.05. The minimum atomic E-state index is -0.596. The molecule has 0 heterocycles. The first kappa shape index (κ1) is 11.7. The van der Waals surface area contributed by atoms with Gasteiger partial charge >= 0.3 is 5.97 Å². The molecular weight excluding hydrogens is 264 g/mol. The van der Waals surface area contributed by atoms with Crippen LogP contribution in [0.3, 0.4) is 0 Å². The molecule has 0 fully saturated rings. The van der Waals surface area contributed by atoms with Crippen molar-refractivity contribution in [2.24, 2.45) is 0 Å². The Labute approximate surface area is 95.3 Å². The summed E-state index contributed by atoms with van der Waals surface area (Å²) in [5, 5.41) is 0. The molecule has 4 nitrogen and oxygen atoms in total. The van der Waals surface area contributed by atoms with E-state index >= 15 is 0 Å². The standard InChI is InChI=1S/C10H9BrO4/c1-14-8-4-7(11)3-6(5-12)9(8)10(13)15-2/h3-5H,1-2H3. The van der Waals surface area contributed by atoms with Gasteiger partial charge in [-0.05, 0) is 12.1 Å². The smallest absolute Gasteiger partial charge is 0.342 e. The third-order valence-electron chi connectivity index (χ3n) is 1.83. The summed E-state index contributed by atoms with van der Waals surface area (Å²) in [6, 6.07) is 3.13. The third-order valence-corrected chi connectivity index (χ3v) is 2.29. The Kier molecular flexibility index (Phi) is 3.85. The van der Waals surface area contributed by atoms with Crippen molar-refractivity contribution in [3.05, 3.63) is 27.7 Å². The number of aldehydes is 1. The van der Waals surface area contributed by atoms with Crippen molar-refractivity contribution in [2.45, 2.75) is 0 Å². The van der Waals surface area contributed by atoms with E-state index in [1.54, 1.807) is 6.07 Å². The molecule has 0 aliphatic rings. The van der Waals surface area contributed by atoms with Gasteiger partial charge in [0.25, 0.3) is 0 Å². The van der Waals surface area contributed by atoms with Crippen LogP contribution in [0.4, 0.5) is 0 Å². The van der Waals surface area contributed by atoms with E-state index in [4.69, 9.17) is 4.74 Å². The van der Waals surface area contributed by atoms with Gasteiger partial charge < -0.3 is 9.47 Å². The first-order valence-corrected chi connectivity index (χ1v) is 4.84. The number of halogens is 1. The topological polar surface area (TPSA) is 52.6 Å². The Morgan fingerprint density at radius 2 is 2.07 bits per heavy atom. The Balaban J connectivity index is 3.43. The molecule has 80 valence electrons. The van der Waals surface area contributed by atoms with Crippen LogP contribution in [0.1, 0.15) is 20.7 Å². The Morgan fingerprint density at radius 1 is 1.40 bits per heavy atom. The zero-order valence-electron chi connectivity index (χ0n) is 8.24. The lowest BCUT2D eigenvalue weighted by atomic mass is 10.1. The fourth-order valence-corrected chi connectivity index (χ4v) is 1.63. The highest BCUT2D eigenvalue weighted by molar-refractivity contribution is 9.10. The van der Waals surface area contributed by atoms with Gasteiger partial charge in [-0.3, -0.25) is 4.79 Å². The van der Waals surface area contributed by atoms with Crippen LogP contribution in [0.5, 0.6) is 5.75 Å². The fourth-order valence-electron chi connectivity index (χ4n) is 1.18. The van der Waals surface area contributed by atoms with Gasteiger partial charge in [0.1, 0.15) is 11.3 Å². The summed E-state index contributed by atoms with van der Waals surface area (Å²) in [6.07, 6.45) is 0.583. The second-order valence-electron chi connectivity index (χ2n) is 2.68. The molecule has 0 saturated carbocycles. The predicted octanol–water partition coefficient (Wildman–Crippen LogP) is 2.06. The molecule has 5 heteroatoms. The van der Waals surface area contributed by atoms with E-state index < -0.39 is 5.97 Å². The predicted molar refractivity (Wildman–Crippen MR) is 57.4 cm³/mol. The van der Waals surface area contributed by atoms with Crippen LogP contribution in [0, 0.1) is 0 Å². The highest BCUT2D eigenvalue weighted by Gasteiger charge is 2.18. The number of methoxy groups -OCH3 is 2. The highest BCUT2D eigenvalue weighted by atomic mass is 79.9. The Morgan fingerprint density at radius 3 is 2.53 bits per heavy atom. The summed E-state index contributed by atoms with van der Waals surface area (Å²) in [4.78, 5) is 22.2. The van der Waals surface area contributed by atoms with Gasteiger partial charge in [0.2, 0.25) is 0 Å². The molecule has 0 radical (unpaired) electrons. The first-order chi connectivity index (χ1) is 7.13. The van der Waals surface area contributed by atoms with Gasteiger partial charge in [-0.25, -0.2) is 4.79 Å². The Hall–Kier alpha value is -1.36. The number of hydrogen-bond acceptors (Lipinski definition) is 4. The lowest BCUT2D eigenvalue weighted by Gasteiger charge is -2.09. The van der Waals surface area contributed by atoms with E-state index in [0.29, 0.717) is 16.5 Å². The van der Waals surface area contributed by atoms with E-state index in [9.17, 15) is 9.59 Å². The van der Waals surface area contributed by atoms with Gasteiger partial charge in [0.15, 0.2) is 6.29 Å². The molecule has 0 atom stereocenters. The normalized spacial score (nSPS) is 9.53. The van der Waals surface area contributed by atoms with Crippen LogP contribution in [0.2, 0.25) is 0 Å². The van der Waals surface area contributed by atoms with Gasteiger partial charge in [-0.2, -0.15) is 0 Å². The zero-order valence-corrected chi connectivity index (χ0v) is 9.83. The fraction of sp³-hybridized carbons (Fsp3) is 0.200. The van der Waals surface area contributed by atoms with Crippen LogP contribution in [0.25, 0.3) is 0 Å². The van der Waals surface area contributed by atoms with Crippen molar-refractivity contribution in [3.63, 3.8) is 0 Å². The highest BCUT2D eigenvalue weighted by Crippen LogP contribution is 2.27. The van der Waals surface area contributed by atoms with Crippen LogP contribution in [-0.2, 0) is 4.74 Å². The van der Waals surface area contributed by atoms with Crippen molar-refractivity contribution in [3.8, 4) is 5.75 Å². The average molecular weight is 273 g/mol. The van der Waals surface area contributed by atoms with Crippen molar-refractivity contribution in [2.75, 3.05) is 14.2 Å². The van der Waals surface area contributed by atoms with E-state index in [1.165, 1.54) is 20.3 Å². The third kappa shape index (κ3) is 2.36. The van der Waals surface area contributed by atoms with Crippen molar-refractivity contribution in [1.29, 1.82) is 0 Å². The second-order valence-corrected chi connectivity index (χ2v) is 3.60. The molecule has 15 heavy (non-hydrogen) atoms. The number of hydrogen-bond donors (Lipinski definition) is 0. The van der Waals surface area contributed by atoms with Crippen LogP contribution in [0.15, 0.2) is 16.6 Å². The van der Waals surface area contributed by atoms with Gasteiger partial charge in [-0.15, -0.1) is 0 Å². The van der Waals surface area contributed by atoms with Gasteiger partial charge in [-0.1, -0.05) is 15.9 Å². The molecule has 0 aromatic heterocycles. The summed E-state index contributed by atoms with van der Waals surface area (Å²) in [7, 11) is 2.67. The van der Waals surface area contributed by atoms with Crippen molar-refractivity contribution < 1.29 is 19.1 Å². The van der Waals surface area contributed by atoms with Crippen molar-refractivity contribution in [1.82, 2.24) is 0 Å². The number of esters is 1. The molecule has 0 aliphatic heterocycles. The largest absolute Gasteiger partial charge is 0.496 e. The minimum Gasteiger partial charge on any atom is -0.496 e. The molecular formula is C10H9BrO4. The van der Waals surface area contributed by atoms with Crippen molar-refractivity contribution >= 4 is 28.2 Å². The van der Waals surface area contributed by atoms with Crippen LogP contribution >= 0.6 is 15.9 Å². The molecule has 0 unspecified atom stereocenters. The molecule has 0 spiro atoms. The lowest BCUT2D eigenvalue weighted by molar-refractivity contribution is 0.0594. The molecule has 0 saturated heterocycles. The maximum Gasteiger partial charge on any atom is 0.342 e. The molecule has 0 aliphatic carbocycles. The van der Waals surface area contributed by atoms with E-state index in [2.05, 4.69) is 20.7 Å². The van der Waals surface area contributed by atoms with E-state index in [1.807, 2.05) is 0 Å². The SMILES string of the molecule is COC(=O)c1c(C=O)cc(Br)cc1OC. The van der Waals surface area contributed by atoms with E-state index in [-0.39, 0.29) is 11.1 Å². The summed E-state index contributed by atoms with van der Waals surface area (Å²) in [5.41, 5.74) is 0.367. The monoisotopic (exact) mass is 272 g/mol. The molecule has 0 N–H and O–H groups in total. The Bertz CT molecular complexity index is 401. The van der Waals surface area contributed by atoms with Gasteiger partial charge in [0, 0.05) is 10.0 Å². The van der Waals surface area contributed by atoms with Crippen LogP contribution in [-0.4, -0.2) is 26.5 Å². The minimum absolute atomic E-state index is 0.137. The van der Waals surface area contributed by atoms with Crippen LogP contribution < -0.4 is 4.74 Å². The number of ether oxygens (including phenoxy) is 2. The summed E-state index contributed by atoms with van der Waals surface area (Å²) in [5.74, 6) is -0.292. The summed E-state index contributed by atoms with van der Waals surface area (Å²) >= 11 is 3.21.